The summed E-state index contributed by atoms with van der Waals surface area (Å²) in [6.45, 7) is 2.08. The molecule has 18 heavy (non-hydrogen) atoms. The van der Waals surface area contributed by atoms with Gasteiger partial charge >= 0.3 is 0 Å². The monoisotopic (exact) mass is 322 g/mol. The normalized spacial score (nSPS) is 18.6. The van der Waals surface area contributed by atoms with Crippen molar-refractivity contribution < 1.29 is 4.84 Å². The molecule has 1 aliphatic heterocycles. The van der Waals surface area contributed by atoms with Crippen molar-refractivity contribution in [3.8, 4) is 10.6 Å². The van der Waals surface area contributed by atoms with Gasteiger partial charge < -0.3 is 4.84 Å². The van der Waals surface area contributed by atoms with Crippen LogP contribution in [-0.4, -0.2) is 9.60 Å². The Kier molecular flexibility index (Phi) is 3.18. The molecule has 1 aromatic heterocycles. The predicted octanol–water partition coefficient (Wildman–Crippen LogP) is 4.29. The highest BCUT2D eigenvalue weighted by Gasteiger charge is 2.23. The summed E-state index contributed by atoms with van der Waals surface area (Å²) in [5.41, 5.74) is 2.40. The van der Waals surface area contributed by atoms with Crippen LogP contribution in [-0.2, 0) is 4.84 Å². The van der Waals surface area contributed by atoms with Crippen LogP contribution in [0.25, 0.3) is 10.6 Å². The molecular weight excluding hydrogens is 312 g/mol. The van der Waals surface area contributed by atoms with Crippen LogP contribution >= 0.6 is 27.3 Å². The number of hydrogen-bond acceptors (Lipinski definition) is 4. The second-order valence-corrected chi connectivity index (χ2v) is 6.18. The number of aryl methyl sites for hydroxylation is 1. The number of hydrogen-bond donors (Lipinski definition) is 0. The van der Waals surface area contributed by atoms with E-state index in [1.807, 2.05) is 6.20 Å². The first-order valence-electron chi connectivity index (χ1n) is 5.63. The molecule has 0 saturated heterocycles. The molecule has 0 bridgehead atoms. The van der Waals surface area contributed by atoms with Crippen LogP contribution < -0.4 is 0 Å². The number of aromatic nitrogens is 1. The van der Waals surface area contributed by atoms with E-state index in [1.165, 1.54) is 5.56 Å². The van der Waals surface area contributed by atoms with Gasteiger partial charge in [-0.2, -0.15) is 0 Å². The van der Waals surface area contributed by atoms with Crippen molar-refractivity contribution in [2.24, 2.45) is 5.16 Å². The summed E-state index contributed by atoms with van der Waals surface area (Å²) in [4.78, 5) is 10.9. The van der Waals surface area contributed by atoms with E-state index >= 15 is 0 Å². The average Bonchev–Trinajstić information content (AvgIpc) is 2.98. The molecular formula is C13H11BrN2OS. The molecule has 0 N–H and O–H groups in total. The van der Waals surface area contributed by atoms with E-state index in [1.54, 1.807) is 11.3 Å². The van der Waals surface area contributed by atoms with Crippen molar-refractivity contribution in [2.75, 3.05) is 0 Å². The molecule has 0 saturated carbocycles. The smallest absolute Gasteiger partial charge is 0.169 e. The Morgan fingerprint density at radius 2 is 2.11 bits per heavy atom. The highest BCUT2D eigenvalue weighted by molar-refractivity contribution is 9.18. The van der Waals surface area contributed by atoms with Crippen LogP contribution in [0.5, 0.6) is 0 Å². The summed E-state index contributed by atoms with van der Waals surface area (Å²) in [7, 11) is 0. The fourth-order valence-corrected chi connectivity index (χ4v) is 3.09. The molecule has 3 nitrogen and oxygen atoms in total. The van der Waals surface area contributed by atoms with Gasteiger partial charge in [0.25, 0.3) is 0 Å². The lowest BCUT2D eigenvalue weighted by molar-refractivity contribution is 0.0882. The fourth-order valence-electron chi connectivity index (χ4n) is 1.77. The predicted molar refractivity (Wildman–Crippen MR) is 77.1 cm³/mol. The lowest BCUT2D eigenvalue weighted by atomic mass is 10.2. The molecule has 0 aliphatic carbocycles. The quantitative estimate of drug-likeness (QED) is 0.826. The van der Waals surface area contributed by atoms with Crippen LogP contribution in [0, 0.1) is 6.92 Å². The van der Waals surface area contributed by atoms with Crippen molar-refractivity contribution >= 4 is 31.9 Å². The molecule has 1 aliphatic rings. The molecule has 0 fully saturated rings. The van der Waals surface area contributed by atoms with Crippen LogP contribution in [0.1, 0.15) is 23.0 Å². The second-order valence-electron chi connectivity index (χ2n) is 4.20. The first kappa shape index (κ1) is 11.9. The van der Waals surface area contributed by atoms with Gasteiger partial charge in [-0.3, -0.25) is 0 Å². The standard InChI is InChI=1S/C13H11BrN2OS/c1-8-2-4-9(5-3-8)13-15-7-11(18-13)10-6-12(14)16-17-10/h2-5,7,10H,6H2,1H3/t10-/m0/s1. The van der Waals surface area contributed by atoms with Crippen molar-refractivity contribution in [3.05, 3.63) is 40.9 Å². The van der Waals surface area contributed by atoms with Crippen molar-refractivity contribution in [1.82, 2.24) is 4.98 Å². The topological polar surface area (TPSA) is 34.5 Å². The number of halogens is 1. The fraction of sp³-hybridized carbons (Fsp3) is 0.231. The van der Waals surface area contributed by atoms with Crippen LogP contribution in [0.4, 0.5) is 0 Å². The summed E-state index contributed by atoms with van der Waals surface area (Å²) in [5.74, 6) is 0. The molecule has 1 aromatic carbocycles. The average molecular weight is 323 g/mol. The van der Waals surface area contributed by atoms with E-state index < -0.39 is 0 Å². The zero-order valence-corrected chi connectivity index (χ0v) is 12.2. The molecule has 0 radical (unpaired) electrons. The van der Waals surface area contributed by atoms with E-state index in [0.29, 0.717) is 0 Å². The maximum Gasteiger partial charge on any atom is 0.169 e. The van der Waals surface area contributed by atoms with Gasteiger partial charge in [-0.1, -0.05) is 35.0 Å². The van der Waals surface area contributed by atoms with Crippen molar-refractivity contribution in [1.29, 1.82) is 0 Å². The first-order chi connectivity index (χ1) is 8.72. The van der Waals surface area contributed by atoms with Gasteiger partial charge in [0, 0.05) is 18.2 Å². The Labute approximate surface area is 118 Å². The number of rotatable bonds is 2. The van der Waals surface area contributed by atoms with Gasteiger partial charge in [-0.25, -0.2) is 4.98 Å². The lowest BCUT2D eigenvalue weighted by Crippen LogP contribution is -1.92. The van der Waals surface area contributed by atoms with Gasteiger partial charge in [-0.15, -0.1) is 11.3 Å². The van der Waals surface area contributed by atoms with Crippen LogP contribution in [0.15, 0.2) is 35.6 Å². The minimum Gasteiger partial charge on any atom is -0.386 e. The van der Waals surface area contributed by atoms with Crippen molar-refractivity contribution in [2.45, 2.75) is 19.4 Å². The third-order valence-electron chi connectivity index (χ3n) is 2.77. The summed E-state index contributed by atoms with van der Waals surface area (Å²) in [6, 6.07) is 8.39. The largest absolute Gasteiger partial charge is 0.386 e. The Hall–Kier alpha value is -1.20. The van der Waals surface area contributed by atoms with Gasteiger partial charge in [0.05, 0.1) is 4.88 Å². The van der Waals surface area contributed by atoms with Crippen LogP contribution in [0.2, 0.25) is 0 Å². The zero-order valence-electron chi connectivity index (χ0n) is 9.76. The summed E-state index contributed by atoms with van der Waals surface area (Å²) in [5, 5.41) is 4.92. The summed E-state index contributed by atoms with van der Waals surface area (Å²) < 4.78 is 0.859. The van der Waals surface area contributed by atoms with Gasteiger partial charge in [-0.05, 0) is 22.9 Å². The van der Waals surface area contributed by atoms with E-state index in [9.17, 15) is 0 Å². The number of oxime groups is 1. The molecule has 3 rings (SSSR count). The van der Waals surface area contributed by atoms with Gasteiger partial charge in [0.15, 0.2) is 6.10 Å². The van der Waals surface area contributed by atoms with E-state index in [4.69, 9.17) is 4.84 Å². The molecule has 2 heterocycles. The van der Waals surface area contributed by atoms with Gasteiger partial charge in [0.1, 0.15) is 9.63 Å². The third-order valence-corrected chi connectivity index (χ3v) is 4.38. The zero-order chi connectivity index (χ0) is 12.5. The molecule has 0 amide bonds. The molecule has 2 aromatic rings. The Morgan fingerprint density at radius 1 is 1.33 bits per heavy atom. The lowest BCUT2D eigenvalue weighted by Gasteiger charge is -2.02. The minimum atomic E-state index is 0.0103. The first-order valence-corrected chi connectivity index (χ1v) is 7.24. The van der Waals surface area contributed by atoms with E-state index in [-0.39, 0.29) is 6.10 Å². The Bertz CT molecular complexity index is 591. The Morgan fingerprint density at radius 3 is 2.78 bits per heavy atom. The number of benzene rings is 1. The summed E-state index contributed by atoms with van der Waals surface area (Å²) in [6.07, 6.45) is 2.68. The van der Waals surface area contributed by atoms with Crippen LogP contribution in [0.3, 0.4) is 0 Å². The highest BCUT2D eigenvalue weighted by atomic mass is 79.9. The molecule has 1 atom stereocenters. The van der Waals surface area contributed by atoms with Gasteiger partial charge in [0.2, 0.25) is 0 Å². The molecule has 5 heteroatoms. The SMILES string of the molecule is Cc1ccc(-c2ncc([C@@H]3CC(Br)=NO3)s2)cc1. The molecule has 0 spiro atoms. The maximum absolute atomic E-state index is 5.33. The number of thiazole rings is 1. The van der Waals surface area contributed by atoms with Crippen molar-refractivity contribution in [3.63, 3.8) is 0 Å². The summed E-state index contributed by atoms with van der Waals surface area (Å²) >= 11 is 5.01. The number of nitrogens with zero attached hydrogens (tertiary/aromatic N) is 2. The van der Waals surface area contributed by atoms with E-state index in [2.05, 4.69) is 57.3 Å². The molecule has 92 valence electrons. The second kappa shape index (κ2) is 4.82. The highest BCUT2D eigenvalue weighted by Crippen LogP contribution is 2.35. The minimum absolute atomic E-state index is 0.0103. The molecule has 0 unspecified atom stereocenters. The Balaban J connectivity index is 1.83. The maximum atomic E-state index is 5.33. The van der Waals surface area contributed by atoms with E-state index in [0.717, 1.165) is 26.5 Å². The third kappa shape index (κ3) is 2.33.